The van der Waals surface area contributed by atoms with Gasteiger partial charge in [-0.05, 0) is 36.0 Å². The van der Waals surface area contributed by atoms with E-state index in [4.69, 9.17) is 0 Å². The number of benzene rings is 1. The van der Waals surface area contributed by atoms with Crippen molar-refractivity contribution in [3.8, 4) is 11.1 Å². The van der Waals surface area contributed by atoms with Gasteiger partial charge in [0.2, 0.25) is 0 Å². The van der Waals surface area contributed by atoms with Crippen molar-refractivity contribution in [3.05, 3.63) is 60.6 Å². The highest BCUT2D eigenvalue weighted by Crippen LogP contribution is 2.24. The maximum absolute atomic E-state index is 11.6. The monoisotopic (exact) mass is 294 g/mol. The zero-order chi connectivity index (χ0) is 15.9. The molecule has 2 rings (SSSR count). The van der Waals surface area contributed by atoms with E-state index >= 15 is 0 Å². The van der Waals surface area contributed by atoms with Crippen LogP contribution in [0.15, 0.2) is 60.0 Å². The third-order valence-corrected chi connectivity index (χ3v) is 3.19. The summed E-state index contributed by atoms with van der Waals surface area (Å²) in [5.74, 6) is 0. The van der Waals surface area contributed by atoms with Crippen molar-refractivity contribution in [1.29, 1.82) is 0 Å². The molecule has 1 aromatic heterocycles. The van der Waals surface area contributed by atoms with E-state index in [0.717, 1.165) is 16.7 Å². The number of nitrogens with one attached hydrogen (secondary N) is 1. The average Bonchev–Trinajstić information content (AvgIpc) is 2.59. The number of amides is 2. The summed E-state index contributed by atoms with van der Waals surface area (Å²) in [6.07, 6.45) is 5.16. The molecule has 0 unspecified atom stereocenters. The van der Waals surface area contributed by atoms with E-state index in [1.165, 1.54) is 4.90 Å². The number of hydrogen-bond acceptors (Lipinski definition) is 3. The predicted molar refractivity (Wildman–Crippen MR) is 89.4 cm³/mol. The molecule has 0 spiro atoms. The van der Waals surface area contributed by atoms with Crippen LogP contribution in [-0.4, -0.2) is 36.7 Å². The number of nitrogens with zero attached hydrogens (tertiary/aromatic N) is 3. The number of rotatable bonds is 4. The first-order chi connectivity index (χ1) is 10.7. The lowest BCUT2D eigenvalue weighted by molar-refractivity contribution is 0.224. The molecule has 1 aromatic carbocycles. The van der Waals surface area contributed by atoms with Crippen LogP contribution in [0, 0.1) is 0 Å². The quantitative estimate of drug-likeness (QED) is 0.881. The van der Waals surface area contributed by atoms with E-state index in [1.807, 2.05) is 36.4 Å². The van der Waals surface area contributed by atoms with Gasteiger partial charge in [0, 0.05) is 38.3 Å². The minimum Gasteiger partial charge on any atom is -0.341 e. The fraction of sp³-hybridized carbons (Fsp3) is 0.118. The summed E-state index contributed by atoms with van der Waals surface area (Å²) >= 11 is 0. The summed E-state index contributed by atoms with van der Waals surface area (Å²) in [5, 5.41) is 2.56. The van der Waals surface area contributed by atoms with Gasteiger partial charge in [0.25, 0.3) is 0 Å². The van der Waals surface area contributed by atoms with Crippen LogP contribution in [0.5, 0.6) is 0 Å². The van der Waals surface area contributed by atoms with Crippen LogP contribution in [0.3, 0.4) is 0 Å². The standard InChI is InChI=1S/C17H18N4O/c1-18-16(12-21(3)17(22)19-2)15-6-4-5-14(11-15)13-7-9-20-10-8-13/h4-12H,1H2,2-3H3,(H,19,22). The normalized spacial score (nSPS) is 10.9. The smallest absolute Gasteiger partial charge is 0.320 e. The lowest BCUT2D eigenvalue weighted by atomic mass is 10.0. The van der Waals surface area contributed by atoms with E-state index in [0.29, 0.717) is 5.70 Å². The minimum atomic E-state index is -0.216. The Morgan fingerprint density at radius 1 is 1.27 bits per heavy atom. The Bertz CT molecular complexity index is 695. The summed E-state index contributed by atoms with van der Waals surface area (Å²) < 4.78 is 0. The highest BCUT2D eigenvalue weighted by Gasteiger charge is 2.07. The molecule has 2 aromatic rings. The maximum Gasteiger partial charge on any atom is 0.320 e. The van der Waals surface area contributed by atoms with E-state index in [2.05, 4.69) is 22.0 Å². The van der Waals surface area contributed by atoms with Crippen molar-refractivity contribution in [2.75, 3.05) is 14.1 Å². The fourth-order valence-electron chi connectivity index (χ4n) is 2.03. The fourth-order valence-corrected chi connectivity index (χ4v) is 2.03. The number of carbonyl (C=O) groups excluding carboxylic acids is 1. The van der Waals surface area contributed by atoms with Gasteiger partial charge in [-0.15, -0.1) is 0 Å². The minimum absolute atomic E-state index is 0.216. The largest absolute Gasteiger partial charge is 0.341 e. The van der Waals surface area contributed by atoms with Crippen LogP contribution in [0.2, 0.25) is 0 Å². The van der Waals surface area contributed by atoms with Gasteiger partial charge < -0.3 is 10.2 Å². The summed E-state index contributed by atoms with van der Waals surface area (Å²) in [6.45, 7) is 3.59. The van der Waals surface area contributed by atoms with Gasteiger partial charge in [-0.3, -0.25) is 9.98 Å². The second-order valence-corrected chi connectivity index (χ2v) is 4.66. The van der Waals surface area contributed by atoms with E-state index in [-0.39, 0.29) is 6.03 Å². The molecule has 0 atom stereocenters. The number of urea groups is 1. The molecule has 5 heteroatoms. The third-order valence-electron chi connectivity index (χ3n) is 3.19. The van der Waals surface area contributed by atoms with Crippen molar-refractivity contribution in [1.82, 2.24) is 15.2 Å². The molecular formula is C17H18N4O. The van der Waals surface area contributed by atoms with E-state index < -0.39 is 0 Å². The highest BCUT2D eigenvalue weighted by atomic mass is 16.2. The second kappa shape index (κ2) is 7.17. The molecule has 1 heterocycles. The SMILES string of the molecule is C=NC(=CN(C)C(=O)NC)c1cccc(-c2ccncc2)c1. The molecule has 0 aliphatic rings. The Kier molecular flexibility index (Phi) is 5.03. The number of hydrogen-bond donors (Lipinski definition) is 1. The average molecular weight is 294 g/mol. The molecule has 22 heavy (non-hydrogen) atoms. The third kappa shape index (κ3) is 3.58. The van der Waals surface area contributed by atoms with Gasteiger partial charge in [0.05, 0.1) is 5.70 Å². The first-order valence-corrected chi connectivity index (χ1v) is 6.79. The molecule has 112 valence electrons. The number of aromatic nitrogens is 1. The maximum atomic E-state index is 11.6. The molecule has 0 bridgehead atoms. The van der Waals surface area contributed by atoms with Gasteiger partial charge in [-0.25, -0.2) is 4.79 Å². The van der Waals surface area contributed by atoms with Gasteiger partial charge in [0.1, 0.15) is 0 Å². The number of aliphatic imine (C=N–C) groups is 1. The van der Waals surface area contributed by atoms with Gasteiger partial charge >= 0.3 is 6.03 Å². The summed E-state index contributed by atoms with van der Waals surface area (Å²) in [4.78, 5) is 21.1. The topological polar surface area (TPSA) is 57.6 Å². The Balaban J connectivity index is 2.37. The molecule has 0 aliphatic heterocycles. The molecule has 5 nitrogen and oxygen atoms in total. The van der Waals surface area contributed by atoms with Crippen molar-refractivity contribution >= 4 is 18.4 Å². The number of pyridine rings is 1. The molecule has 0 fully saturated rings. The lowest BCUT2D eigenvalue weighted by Gasteiger charge is -2.13. The molecule has 1 N–H and O–H groups in total. The Morgan fingerprint density at radius 3 is 2.64 bits per heavy atom. The predicted octanol–water partition coefficient (Wildman–Crippen LogP) is 3.02. The van der Waals surface area contributed by atoms with Crippen LogP contribution in [-0.2, 0) is 0 Å². The van der Waals surface area contributed by atoms with E-state index in [1.54, 1.807) is 32.7 Å². The summed E-state index contributed by atoms with van der Waals surface area (Å²) in [7, 11) is 3.24. The second-order valence-electron chi connectivity index (χ2n) is 4.66. The Labute approximate surface area is 130 Å². The van der Waals surface area contributed by atoms with Crippen molar-refractivity contribution in [2.45, 2.75) is 0 Å². The van der Waals surface area contributed by atoms with Gasteiger partial charge in [-0.2, -0.15) is 0 Å². The summed E-state index contributed by atoms with van der Waals surface area (Å²) in [5.41, 5.74) is 3.64. The van der Waals surface area contributed by atoms with E-state index in [9.17, 15) is 4.79 Å². The van der Waals surface area contributed by atoms with Crippen LogP contribution in [0.4, 0.5) is 4.79 Å². The van der Waals surface area contributed by atoms with Crippen molar-refractivity contribution in [3.63, 3.8) is 0 Å². The van der Waals surface area contributed by atoms with Crippen LogP contribution in [0.25, 0.3) is 16.8 Å². The van der Waals surface area contributed by atoms with Crippen molar-refractivity contribution in [2.24, 2.45) is 4.99 Å². The van der Waals surface area contributed by atoms with Crippen molar-refractivity contribution < 1.29 is 4.79 Å². The molecule has 0 aliphatic carbocycles. The summed E-state index contributed by atoms with van der Waals surface area (Å²) in [6, 6.07) is 11.6. The number of carbonyl (C=O) groups is 1. The molecule has 2 amide bonds. The molecule has 0 saturated carbocycles. The first kappa shape index (κ1) is 15.4. The molecule has 0 saturated heterocycles. The van der Waals surface area contributed by atoms with Gasteiger partial charge in [-0.1, -0.05) is 18.2 Å². The molecule has 0 radical (unpaired) electrons. The van der Waals surface area contributed by atoms with Crippen LogP contribution >= 0.6 is 0 Å². The Hall–Kier alpha value is -2.95. The van der Waals surface area contributed by atoms with Gasteiger partial charge in [0.15, 0.2) is 0 Å². The lowest BCUT2D eigenvalue weighted by Crippen LogP contribution is -2.31. The van der Waals surface area contributed by atoms with Crippen LogP contribution in [0.1, 0.15) is 5.56 Å². The molecular weight excluding hydrogens is 276 g/mol. The Morgan fingerprint density at radius 2 is 2.00 bits per heavy atom. The first-order valence-electron chi connectivity index (χ1n) is 6.79. The zero-order valence-corrected chi connectivity index (χ0v) is 12.7. The van der Waals surface area contributed by atoms with Crippen LogP contribution < -0.4 is 5.32 Å². The highest BCUT2D eigenvalue weighted by molar-refractivity contribution is 5.79. The zero-order valence-electron chi connectivity index (χ0n) is 12.7.